The summed E-state index contributed by atoms with van der Waals surface area (Å²) in [6.45, 7) is 0. The molecule has 0 atom stereocenters. The van der Waals surface area contributed by atoms with Crippen LogP contribution in [0.3, 0.4) is 0 Å². The van der Waals surface area contributed by atoms with Crippen LogP contribution in [0.15, 0.2) is 36.4 Å². The molecule has 0 bridgehead atoms. The number of hydrogen-bond acceptors (Lipinski definition) is 0. The average Bonchev–Trinajstić information content (AvgIpc) is 2.58. The second kappa shape index (κ2) is 3.76. The number of benzene rings is 1. The molecule has 13 heavy (non-hydrogen) atoms. The summed E-state index contributed by atoms with van der Waals surface area (Å²) in [5, 5.41) is 0. The first-order chi connectivity index (χ1) is 6.42. The molecule has 0 fully saturated rings. The fourth-order valence-electron chi connectivity index (χ4n) is 1.37. The van der Waals surface area contributed by atoms with Crippen molar-refractivity contribution in [1.82, 2.24) is 0 Å². The molecule has 2 aliphatic rings. The van der Waals surface area contributed by atoms with E-state index < -0.39 is 0 Å². The van der Waals surface area contributed by atoms with E-state index in [0.29, 0.717) is 0 Å². The third-order valence-electron chi connectivity index (χ3n) is 1.96. The molecule has 0 aromatic rings. The molecule has 0 saturated carbocycles. The van der Waals surface area contributed by atoms with Gasteiger partial charge in [-0.15, -0.1) is 0 Å². The van der Waals surface area contributed by atoms with Gasteiger partial charge < -0.3 is 0 Å². The van der Waals surface area contributed by atoms with Crippen molar-refractivity contribution in [3.05, 3.63) is 48.0 Å². The summed E-state index contributed by atoms with van der Waals surface area (Å²) in [4.78, 5) is 1.65. The standard InChI is InChI=1S/C12H8.Ni/c1-2-5-10-8-9-11-6-3-4-7-12(10)11;/h1-7,9H;/q-2;/b5-2-;. The molecule has 0 aromatic carbocycles. The van der Waals surface area contributed by atoms with Gasteiger partial charge in [0, 0.05) is 0 Å². The van der Waals surface area contributed by atoms with E-state index in [1.165, 1.54) is 11.1 Å². The van der Waals surface area contributed by atoms with Gasteiger partial charge in [0.05, 0.1) is 0 Å². The molecule has 68 valence electrons. The van der Waals surface area contributed by atoms with Crippen LogP contribution in [0.1, 0.15) is 5.56 Å². The number of rotatable bonds is 2. The van der Waals surface area contributed by atoms with Crippen LogP contribution >= 0.6 is 0 Å². The van der Waals surface area contributed by atoms with Gasteiger partial charge in [-0.25, -0.2) is 0 Å². The zero-order chi connectivity index (χ0) is 9.10. The van der Waals surface area contributed by atoms with Crippen LogP contribution < -0.4 is 0 Å². The molecule has 2 aliphatic carbocycles. The summed E-state index contributed by atoms with van der Waals surface area (Å²) in [7, 11) is 0. The van der Waals surface area contributed by atoms with Crippen LogP contribution in [-0.4, -0.2) is 4.99 Å². The molecule has 0 heterocycles. The van der Waals surface area contributed by atoms with Gasteiger partial charge in [0.2, 0.25) is 0 Å². The van der Waals surface area contributed by atoms with E-state index in [1.54, 1.807) is 4.99 Å². The maximum atomic E-state index is 4.45. The fraction of sp³-hybridized carbons (Fsp3) is 0. The van der Waals surface area contributed by atoms with Crippen molar-refractivity contribution in [2.75, 3.05) is 0 Å². The van der Waals surface area contributed by atoms with Gasteiger partial charge in [-0.3, -0.25) is 0 Å². The molecule has 0 N–H and O–H groups in total. The van der Waals surface area contributed by atoms with E-state index in [-0.39, 0.29) is 0 Å². The fourth-order valence-corrected chi connectivity index (χ4v) is 1.46. The second-order valence-corrected chi connectivity index (χ2v) is 3.08. The monoisotopic (exact) mass is 210 g/mol. The molecule has 0 spiro atoms. The predicted octanol–water partition coefficient (Wildman–Crippen LogP) is 2.67. The van der Waals surface area contributed by atoms with Crippen molar-refractivity contribution >= 4 is 11.1 Å². The Labute approximate surface area is 85.5 Å². The topological polar surface area (TPSA) is 0 Å². The van der Waals surface area contributed by atoms with Crippen LogP contribution in [0, 0.1) is 6.07 Å². The van der Waals surface area contributed by atoms with Gasteiger partial charge in [-0.05, 0) is 0 Å². The Morgan fingerprint density at radius 3 is 3.23 bits per heavy atom. The van der Waals surface area contributed by atoms with E-state index in [4.69, 9.17) is 0 Å². The predicted molar refractivity (Wildman–Crippen MR) is 52.6 cm³/mol. The molecule has 0 unspecified atom stereocenters. The van der Waals surface area contributed by atoms with Gasteiger partial charge >= 0.3 is 85.3 Å². The van der Waals surface area contributed by atoms with Crippen LogP contribution in [0.4, 0.5) is 0 Å². The Bertz CT molecular complexity index is 409. The zero-order valence-electron chi connectivity index (χ0n) is 6.94. The summed E-state index contributed by atoms with van der Waals surface area (Å²) in [6, 6.07) is 13.5. The zero-order valence-corrected chi connectivity index (χ0v) is 7.92. The quantitative estimate of drug-likeness (QED) is 0.529. The van der Waals surface area contributed by atoms with Crippen molar-refractivity contribution in [3.63, 3.8) is 0 Å². The van der Waals surface area contributed by atoms with Crippen LogP contribution in [0.2, 0.25) is 0 Å². The molecule has 0 aromatic heterocycles. The Balaban J connectivity index is 2.48. The Morgan fingerprint density at radius 2 is 2.38 bits per heavy atom. The Hall–Kier alpha value is -1.07. The molecule has 0 saturated heterocycles. The molecular formula is C12H8Ni-2. The van der Waals surface area contributed by atoms with Crippen molar-refractivity contribution in [3.8, 4) is 11.1 Å². The third-order valence-corrected chi connectivity index (χ3v) is 2.15. The second-order valence-electron chi connectivity index (χ2n) is 2.75. The van der Waals surface area contributed by atoms with Gasteiger partial charge in [0.15, 0.2) is 0 Å². The van der Waals surface area contributed by atoms with E-state index in [0.717, 1.165) is 5.56 Å². The number of hydrogen-bond donors (Lipinski definition) is 0. The summed E-state index contributed by atoms with van der Waals surface area (Å²) in [6.07, 6.45) is 3.87. The minimum absolute atomic E-state index is 1.11. The average molecular weight is 211 g/mol. The molecular weight excluding hydrogens is 203 g/mol. The molecule has 0 aliphatic heterocycles. The minimum atomic E-state index is 1.11. The van der Waals surface area contributed by atoms with Crippen LogP contribution in [-0.2, 0) is 15.0 Å². The first-order valence-electron chi connectivity index (χ1n) is 4.04. The van der Waals surface area contributed by atoms with Gasteiger partial charge in [-0.1, -0.05) is 0 Å². The molecule has 1 heteroatoms. The normalized spacial score (nSPS) is 11.2. The van der Waals surface area contributed by atoms with Gasteiger partial charge in [-0.2, -0.15) is 0 Å². The SMILES string of the molecule is [Ni]=[CH]/C=C\c1[c-]cc2cc[cH-]cc1-2. The first-order valence-corrected chi connectivity index (χ1v) is 4.61. The third kappa shape index (κ3) is 1.66. The van der Waals surface area contributed by atoms with E-state index >= 15 is 0 Å². The van der Waals surface area contributed by atoms with Gasteiger partial charge in [0.25, 0.3) is 0 Å². The molecule has 0 radical (unpaired) electrons. The Morgan fingerprint density at radius 1 is 1.46 bits per heavy atom. The first kappa shape index (κ1) is 8.53. The van der Waals surface area contributed by atoms with E-state index in [2.05, 4.69) is 33.2 Å². The summed E-state index contributed by atoms with van der Waals surface area (Å²) >= 11 is 4.45. The maximum absolute atomic E-state index is 4.45. The van der Waals surface area contributed by atoms with Gasteiger partial charge in [0.1, 0.15) is 0 Å². The number of allylic oxidation sites excluding steroid dienone is 1. The van der Waals surface area contributed by atoms with Crippen molar-refractivity contribution < 1.29 is 15.0 Å². The van der Waals surface area contributed by atoms with Crippen molar-refractivity contribution in [1.29, 1.82) is 0 Å². The summed E-state index contributed by atoms with van der Waals surface area (Å²) in [5.74, 6) is 0. The van der Waals surface area contributed by atoms with E-state index in [9.17, 15) is 0 Å². The number of fused-ring (bicyclic) bond motifs is 1. The van der Waals surface area contributed by atoms with Crippen LogP contribution in [0.25, 0.3) is 17.2 Å². The summed E-state index contributed by atoms with van der Waals surface area (Å²) < 4.78 is 0. The molecule has 2 rings (SSSR count). The summed E-state index contributed by atoms with van der Waals surface area (Å²) in [5.41, 5.74) is 3.58. The Kier molecular flexibility index (Phi) is 2.47. The molecule has 0 nitrogen and oxygen atoms in total. The van der Waals surface area contributed by atoms with Crippen molar-refractivity contribution in [2.45, 2.75) is 0 Å². The van der Waals surface area contributed by atoms with Crippen molar-refractivity contribution in [2.24, 2.45) is 0 Å². The molecule has 0 amide bonds. The van der Waals surface area contributed by atoms with E-state index in [1.807, 2.05) is 30.4 Å². The van der Waals surface area contributed by atoms with Crippen LogP contribution in [0.5, 0.6) is 0 Å².